The Morgan fingerprint density at radius 3 is 1.48 bits per heavy atom. The molecule has 122 valence electrons. The molecule has 0 amide bonds. The van der Waals surface area contributed by atoms with Crippen molar-refractivity contribution in [3.05, 3.63) is 24.3 Å². The lowest BCUT2D eigenvalue weighted by Gasteiger charge is -2.02. The molecule has 21 heavy (non-hydrogen) atoms. The highest BCUT2D eigenvalue weighted by molar-refractivity contribution is 5.79. The second-order valence-corrected chi connectivity index (χ2v) is 5.78. The molecule has 0 saturated carbocycles. The molecule has 2 nitrogen and oxygen atoms in total. The van der Waals surface area contributed by atoms with Crippen LogP contribution < -0.4 is 0 Å². The van der Waals surface area contributed by atoms with Crippen molar-refractivity contribution in [1.29, 1.82) is 0 Å². The smallest absolute Gasteiger partial charge is 0.327 e. The first-order chi connectivity index (χ1) is 10.3. The van der Waals surface area contributed by atoms with Crippen LogP contribution in [0.2, 0.25) is 0 Å². The number of aliphatic carboxylic acids is 1. The monoisotopic (exact) mass is 294 g/mol. The molecule has 0 aromatic heterocycles. The molecule has 0 aromatic rings. The van der Waals surface area contributed by atoms with E-state index >= 15 is 0 Å². The van der Waals surface area contributed by atoms with E-state index < -0.39 is 5.97 Å². The van der Waals surface area contributed by atoms with Crippen molar-refractivity contribution in [2.75, 3.05) is 0 Å². The van der Waals surface area contributed by atoms with Crippen molar-refractivity contribution in [3.63, 3.8) is 0 Å². The van der Waals surface area contributed by atoms with Gasteiger partial charge >= 0.3 is 5.97 Å². The van der Waals surface area contributed by atoms with Crippen LogP contribution in [0.4, 0.5) is 0 Å². The lowest BCUT2D eigenvalue weighted by molar-refractivity contribution is -0.131. The summed E-state index contributed by atoms with van der Waals surface area (Å²) >= 11 is 0. The second kappa shape index (κ2) is 17.0. The zero-order valence-corrected chi connectivity index (χ0v) is 13.9. The van der Waals surface area contributed by atoms with Gasteiger partial charge in [-0.2, -0.15) is 0 Å². The van der Waals surface area contributed by atoms with Gasteiger partial charge in [0.05, 0.1) is 0 Å². The van der Waals surface area contributed by atoms with Gasteiger partial charge in [-0.15, -0.1) is 0 Å². The van der Waals surface area contributed by atoms with Gasteiger partial charge in [-0.25, -0.2) is 4.79 Å². The van der Waals surface area contributed by atoms with Crippen LogP contribution in [0.5, 0.6) is 0 Å². The van der Waals surface area contributed by atoms with E-state index in [0.29, 0.717) is 0 Å². The molecule has 0 aromatic carbocycles. The van der Waals surface area contributed by atoms with Gasteiger partial charge in [0, 0.05) is 6.08 Å². The number of hydrogen-bond donors (Lipinski definition) is 1. The molecular weight excluding hydrogens is 260 g/mol. The third kappa shape index (κ3) is 18.9. The summed E-state index contributed by atoms with van der Waals surface area (Å²) in [4.78, 5) is 10.3. The summed E-state index contributed by atoms with van der Waals surface area (Å²) in [6.07, 6.45) is 24.2. The van der Waals surface area contributed by atoms with Crippen LogP contribution in [0.1, 0.15) is 90.4 Å². The zero-order chi connectivity index (χ0) is 15.6. The van der Waals surface area contributed by atoms with E-state index in [2.05, 4.69) is 19.1 Å². The molecule has 0 heterocycles. The Morgan fingerprint density at radius 1 is 0.714 bits per heavy atom. The first-order valence-electron chi connectivity index (χ1n) is 8.78. The van der Waals surface area contributed by atoms with Crippen LogP contribution in [-0.4, -0.2) is 11.1 Å². The van der Waals surface area contributed by atoms with Gasteiger partial charge in [0.25, 0.3) is 0 Å². The first-order valence-corrected chi connectivity index (χ1v) is 8.78. The number of carboxylic acid groups (broad SMARTS) is 1. The Labute approximate surface area is 131 Å². The molecule has 0 aliphatic carbocycles. The SMILES string of the molecule is CC=CCCCCCCCCCCCCCC=CC(=O)O. The van der Waals surface area contributed by atoms with Crippen LogP contribution in [0, 0.1) is 0 Å². The summed E-state index contributed by atoms with van der Waals surface area (Å²) in [6, 6.07) is 0. The summed E-state index contributed by atoms with van der Waals surface area (Å²) in [5, 5.41) is 8.44. The summed E-state index contributed by atoms with van der Waals surface area (Å²) < 4.78 is 0. The highest BCUT2D eigenvalue weighted by atomic mass is 16.4. The molecular formula is C19H34O2. The lowest BCUT2D eigenvalue weighted by Crippen LogP contribution is -1.86. The van der Waals surface area contributed by atoms with Crippen molar-refractivity contribution >= 4 is 5.97 Å². The minimum absolute atomic E-state index is 0.836. The second-order valence-electron chi connectivity index (χ2n) is 5.78. The number of hydrogen-bond acceptors (Lipinski definition) is 1. The predicted octanol–water partition coefficient (Wildman–Crippen LogP) is 6.27. The average Bonchev–Trinajstić information content (AvgIpc) is 2.46. The third-order valence-corrected chi connectivity index (χ3v) is 3.74. The summed E-state index contributed by atoms with van der Waals surface area (Å²) in [5.74, 6) is -0.836. The molecule has 0 rings (SSSR count). The van der Waals surface area contributed by atoms with Crippen molar-refractivity contribution in [2.45, 2.75) is 90.4 Å². The number of unbranched alkanes of at least 4 members (excludes halogenated alkanes) is 12. The molecule has 0 spiro atoms. The number of rotatable bonds is 15. The van der Waals surface area contributed by atoms with E-state index in [4.69, 9.17) is 5.11 Å². The van der Waals surface area contributed by atoms with Crippen molar-refractivity contribution < 1.29 is 9.90 Å². The minimum Gasteiger partial charge on any atom is -0.478 e. The molecule has 2 heteroatoms. The lowest BCUT2D eigenvalue weighted by atomic mass is 10.0. The molecule has 0 aliphatic rings. The fourth-order valence-corrected chi connectivity index (χ4v) is 2.47. The largest absolute Gasteiger partial charge is 0.478 e. The van der Waals surface area contributed by atoms with Gasteiger partial charge in [0.2, 0.25) is 0 Å². The number of allylic oxidation sites excluding steroid dienone is 3. The summed E-state index contributed by atoms with van der Waals surface area (Å²) in [6.45, 7) is 2.09. The van der Waals surface area contributed by atoms with E-state index in [1.54, 1.807) is 6.08 Å². The molecule has 0 saturated heterocycles. The quantitative estimate of drug-likeness (QED) is 0.219. The molecule has 0 aliphatic heterocycles. The van der Waals surface area contributed by atoms with E-state index in [1.165, 1.54) is 76.7 Å². The molecule has 0 bridgehead atoms. The summed E-state index contributed by atoms with van der Waals surface area (Å²) in [5.41, 5.74) is 0. The fraction of sp³-hybridized carbons (Fsp3) is 0.737. The Hall–Kier alpha value is -1.05. The van der Waals surface area contributed by atoms with Gasteiger partial charge in [0.1, 0.15) is 0 Å². The Morgan fingerprint density at radius 2 is 1.10 bits per heavy atom. The van der Waals surface area contributed by atoms with E-state index in [1.807, 2.05) is 0 Å². The minimum atomic E-state index is -0.836. The highest BCUT2D eigenvalue weighted by Gasteiger charge is 1.93. The van der Waals surface area contributed by atoms with E-state index in [0.717, 1.165) is 12.8 Å². The average molecular weight is 294 g/mol. The first kappa shape index (κ1) is 19.9. The summed E-state index contributed by atoms with van der Waals surface area (Å²) in [7, 11) is 0. The molecule has 0 radical (unpaired) electrons. The normalized spacial score (nSPS) is 11.7. The predicted molar refractivity (Wildman–Crippen MR) is 91.6 cm³/mol. The molecule has 0 atom stereocenters. The van der Waals surface area contributed by atoms with Crippen molar-refractivity contribution in [1.82, 2.24) is 0 Å². The van der Waals surface area contributed by atoms with Crippen LogP contribution in [0.3, 0.4) is 0 Å². The van der Waals surface area contributed by atoms with Gasteiger partial charge in [-0.3, -0.25) is 0 Å². The molecule has 1 N–H and O–H groups in total. The van der Waals surface area contributed by atoms with Gasteiger partial charge < -0.3 is 5.11 Å². The van der Waals surface area contributed by atoms with Crippen LogP contribution >= 0.6 is 0 Å². The van der Waals surface area contributed by atoms with Crippen LogP contribution in [-0.2, 0) is 4.79 Å². The Kier molecular flexibility index (Phi) is 16.2. The Balaban J connectivity index is 3.04. The highest BCUT2D eigenvalue weighted by Crippen LogP contribution is 2.12. The van der Waals surface area contributed by atoms with Gasteiger partial charge in [-0.1, -0.05) is 76.0 Å². The third-order valence-electron chi connectivity index (χ3n) is 3.74. The maximum Gasteiger partial charge on any atom is 0.327 e. The molecule has 0 unspecified atom stereocenters. The fourth-order valence-electron chi connectivity index (χ4n) is 2.47. The van der Waals surface area contributed by atoms with Crippen molar-refractivity contribution in [3.8, 4) is 0 Å². The number of carbonyl (C=O) groups is 1. The van der Waals surface area contributed by atoms with E-state index in [9.17, 15) is 4.79 Å². The number of carboxylic acids is 1. The van der Waals surface area contributed by atoms with Crippen molar-refractivity contribution in [2.24, 2.45) is 0 Å². The van der Waals surface area contributed by atoms with Gasteiger partial charge in [-0.05, 0) is 32.6 Å². The van der Waals surface area contributed by atoms with Crippen LogP contribution in [0.25, 0.3) is 0 Å². The maximum atomic E-state index is 10.3. The molecule has 0 fully saturated rings. The maximum absolute atomic E-state index is 10.3. The van der Waals surface area contributed by atoms with E-state index in [-0.39, 0.29) is 0 Å². The Bertz CT molecular complexity index is 279. The van der Waals surface area contributed by atoms with Gasteiger partial charge in [0.15, 0.2) is 0 Å². The van der Waals surface area contributed by atoms with Crippen LogP contribution in [0.15, 0.2) is 24.3 Å². The zero-order valence-electron chi connectivity index (χ0n) is 13.9. The topological polar surface area (TPSA) is 37.3 Å². The standard InChI is InChI=1S/C19H34O2/c1-2-3-4-5-6-7-8-9-10-11-12-13-14-15-16-17-18-19(20)21/h2-3,17-18H,4-16H2,1H3,(H,20,21).